The molecule has 0 aliphatic carbocycles. The molecule has 1 fully saturated rings. The van der Waals surface area contributed by atoms with Gasteiger partial charge in [-0.3, -0.25) is 14.5 Å². The van der Waals surface area contributed by atoms with Crippen LogP contribution in [0.1, 0.15) is 44.9 Å². The predicted octanol–water partition coefficient (Wildman–Crippen LogP) is 2.46. The van der Waals surface area contributed by atoms with Crippen LogP contribution in [-0.2, 0) is 24.3 Å². The lowest BCUT2D eigenvalue weighted by molar-refractivity contribution is -0.117. The third-order valence-electron chi connectivity index (χ3n) is 4.88. The number of aliphatic imine (C=N–C) groups is 1. The van der Waals surface area contributed by atoms with Crippen LogP contribution in [0.3, 0.4) is 0 Å². The van der Waals surface area contributed by atoms with Crippen LogP contribution in [0.5, 0.6) is 0 Å². The third-order valence-corrected chi connectivity index (χ3v) is 6.27. The van der Waals surface area contributed by atoms with Gasteiger partial charge in [0.1, 0.15) is 5.84 Å². The Kier molecular flexibility index (Phi) is 8.02. The fourth-order valence-corrected chi connectivity index (χ4v) is 4.36. The summed E-state index contributed by atoms with van der Waals surface area (Å²) < 4.78 is 38.6. The highest BCUT2D eigenvalue weighted by Gasteiger charge is 2.18. The average Bonchev–Trinajstić information content (AvgIpc) is 3.09. The number of nitrogens with one attached hydrogen (secondary N) is 2. The Morgan fingerprint density at radius 1 is 1.17 bits per heavy atom. The standard InChI is InChI=1S/C20H29N3O5S/c24-20(11-14-27-15-17-5-4-13-28-17)22-16-7-9-18(10-8-16)29(25,26)23-19-6-2-1-3-12-21-19/h7-10,17H,1-6,11-15H2,(H,21,23)(H,22,24). The summed E-state index contributed by atoms with van der Waals surface area (Å²) in [5.41, 5.74) is 0.542. The third kappa shape index (κ3) is 7.09. The molecule has 1 amide bonds. The maximum atomic E-state index is 12.5. The number of amidine groups is 1. The van der Waals surface area contributed by atoms with Crippen molar-refractivity contribution in [3.8, 4) is 0 Å². The van der Waals surface area contributed by atoms with Gasteiger partial charge in [0, 0.05) is 25.3 Å². The number of benzene rings is 1. The number of nitrogens with zero attached hydrogens (tertiary/aromatic N) is 1. The molecule has 29 heavy (non-hydrogen) atoms. The van der Waals surface area contributed by atoms with Crippen LogP contribution < -0.4 is 10.0 Å². The Balaban J connectivity index is 1.44. The highest BCUT2D eigenvalue weighted by molar-refractivity contribution is 7.90. The zero-order valence-electron chi connectivity index (χ0n) is 16.6. The van der Waals surface area contributed by atoms with Gasteiger partial charge in [0.2, 0.25) is 5.91 Å². The number of amides is 1. The van der Waals surface area contributed by atoms with Crippen molar-refractivity contribution in [2.45, 2.75) is 55.9 Å². The van der Waals surface area contributed by atoms with Crippen LogP contribution in [0.4, 0.5) is 5.69 Å². The molecule has 2 aliphatic heterocycles. The first-order chi connectivity index (χ1) is 14.0. The summed E-state index contributed by atoms with van der Waals surface area (Å²) in [5.74, 6) is 0.335. The SMILES string of the molecule is O=C(CCOCC1CCCO1)Nc1ccc(S(=O)(=O)NC2=NCCCCC2)cc1. The maximum absolute atomic E-state index is 12.5. The molecule has 8 nitrogen and oxygen atoms in total. The molecular weight excluding hydrogens is 394 g/mol. The summed E-state index contributed by atoms with van der Waals surface area (Å²) >= 11 is 0. The fraction of sp³-hybridized carbons (Fsp3) is 0.600. The van der Waals surface area contributed by atoms with Gasteiger partial charge in [0.25, 0.3) is 10.0 Å². The van der Waals surface area contributed by atoms with Gasteiger partial charge in [-0.15, -0.1) is 0 Å². The molecule has 1 atom stereocenters. The predicted molar refractivity (Wildman–Crippen MR) is 111 cm³/mol. The molecule has 1 unspecified atom stereocenters. The highest BCUT2D eigenvalue weighted by Crippen LogP contribution is 2.16. The van der Waals surface area contributed by atoms with E-state index in [1.54, 1.807) is 12.1 Å². The van der Waals surface area contributed by atoms with Gasteiger partial charge in [0.15, 0.2) is 0 Å². The summed E-state index contributed by atoms with van der Waals surface area (Å²) in [6.45, 7) is 2.27. The van der Waals surface area contributed by atoms with Crippen LogP contribution in [0.2, 0.25) is 0 Å². The summed E-state index contributed by atoms with van der Waals surface area (Å²) in [4.78, 5) is 16.5. The summed E-state index contributed by atoms with van der Waals surface area (Å²) in [7, 11) is -3.67. The number of hydrogen-bond donors (Lipinski definition) is 2. The number of carbonyl (C=O) groups excluding carboxylic acids is 1. The van der Waals surface area contributed by atoms with Crippen molar-refractivity contribution in [1.82, 2.24) is 4.72 Å². The minimum absolute atomic E-state index is 0.141. The van der Waals surface area contributed by atoms with E-state index in [1.807, 2.05) is 0 Å². The molecule has 1 aromatic rings. The Hall–Kier alpha value is -1.97. The van der Waals surface area contributed by atoms with E-state index in [-0.39, 0.29) is 23.3 Å². The zero-order chi connectivity index (χ0) is 20.5. The molecule has 2 aliphatic rings. The number of sulfonamides is 1. The van der Waals surface area contributed by atoms with E-state index in [4.69, 9.17) is 9.47 Å². The second kappa shape index (κ2) is 10.7. The molecule has 0 radical (unpaired) electrons. The van der Waals surface area contributed by atoms with Crippen LogP contribution in [0.25, 0.3) is 0 Å². The Bertz CT molecular complexity index is 802. The van der Waals surface area contributed by atoms with Crippen LogP contribution in [0.15, 0.2) is 34.2 Å². The maximum Gasteiger partial charge on any atom is 0.262 e. The van der Waals surface area contributed by atoms with Gasteiger partial charge in [-0.2, -0.15) is 0 Å². The second-order valence-corrected chi connectivity index (χ2v) is 8.96. The van der Waals surface area contributed by atoms with Gasteiger partial charge < -0.3 is 14.8 Å². The Morgan fingerprint density at radius 2 is 2.00 bits per heavy atom. The zero-order valence-corrected chi connectivity index (χ0v) is 17.4. The number of anilines is 1. The molecule has 160 valence electrons. The van der Waals surface area contributed by atoms with E-state index < -0.39 is 10.0 Å². The molecule has 9 heteroatoms. The molecular formula is C20H29N3O5S. The Labute approximate surface area is 172 Å². The molecule has 1 saturated heterocycles. The molecule has 1 aromatic carbocycles. The Morgan fingerprint density at radius 3 is 2.76 bits per heavy atom. The van der Waals surface area contributed by atoms with E-state index >= 15 is 0 Å². The lowest BCUT2D eigenvalue weighted by Gasteiger charge is -2.11. The van der Waals surface area contributed by atoms with Crippen LogP contribution in [-0.4, -0.2) is 52.6 Å². The van der Waals surface area contributed by atoms with Crippen molar-refractivity contribution in [3.05, 3.63) is 24.3 Å². The first-order valence-electron chi connectivity index (χ1n) is 10.2. The van der Waals surface area contributed by atoms with Crippen LogP contribution in [0, 0.1) is 0 Å². The average molecular weight is 424 g/mol. The van der Waals surface area contributed by atoms with Crippen molar-refractivity contribution in [3.63, 3.8) is 0 Å². The number of carbonyl (C=O) groups is 1. The van der Waals surface area contributed by atoms with Crippen molar-refractivity contribution in [2.75, 3.05) is 31.7 Å². The van der Waals surface area contributed by atoms with Gasteiger partial charge in [-0.05, 0) is 49.9 Å². The van der Waals surface area contributed by atoms with Crippen LogP contribution >= 0.6 is 0 Å². The molecule has 0 spiro atoms. The molecule has 3 rings (SSSR count). The van der Waals surface area contributed by atoms with E-state index in [9.17, 15) is 13.2 Å². The largest absolute Gasteiger partial charge is 0.378 e. The smallest absolute Gasteiger partial charge is 0.262 e. The molecule has 0 saturated carbocycles. The summed E-state index contributed by atoms with van der Waals surface area (Å²) in [6, 6.07) is 6.11. The van der Waals surface area contributed by atoms with E-state index in [1.165, 1.54) is 12.1 Å². The van der Waals surface area contributed by atoms with Gasteiger partial charge in [0.05, 0.1) is 30.6 Å². The topological polar surface area (TPSA) is 106 Å². The van der Waals surface area contributed by atoms with E-state index in [2.05, 4.69) is 15.0 Å². The lowest BCUT2D eigenvalue weighted by Crippen LogP contribution is -2.30. The minimum atomic E-state index is -3.67. The quantitative estimate of drug-likeness (QED) is 0.625. The van der Waals surface area contributed by atoms with E-state index in [0.29, 0.717) is 37.7 Å². The normalized spacial score (nSPS) is 20.0. The van der Waals surface area contributed by atoms with Crippen molar-refractivity contribution >= 4 is 27.5 Å². The first kappa shape index (κ1) is 21.7. The van der Waals surface area contributed by atoms with Gasteiger partial charge in [-0.1, -0.05) is 6.42 Å². The van der Waals surface area contributed by atoms with Gasteiger partial charge in [-0.25, -0.2) is 8.42 Å². The second-order valence-electron chi connectivity index (χ2n) is 7.28. The summed E-state index contributed by atoms with van der Waals surface area (Å²) in [6.07, 6.45) is 6.06. The van der Waals surface area contributed by atoms with E-state index in [0.717, 1.165) is 38.7 Å². The van der Waals surface area contributed by atoms with Crippen molar-refractivity contribution in [2.24, 2.45) is 4.99 Å². The molecule has 2 N–H and O–H groups in total. The first-order valence-corrected chi connectivity index (χ1v) is 11.7. The summed E-state index contributed by atoms with van der Waals surface area (Å²) in [5, 5.41) is 2.75. The van der Waals surface area contributed by atoms with Gasteiger partial charge >= 0.3 is 0 Å². The number of rotatable bonds is 8. The lowest BCUT2D eigenvalue weighted by atomic mass is 10.2. The molecule has 2 heterocycles. The van der Waals surface area contributed by atoms with Crippen molar-refractivity contribution < 1.29 is 22.7 Å². The number of hydrogen-bond acceptors (Lipinski definition) is 6. The monoisotopic (exact) mass is 423 g/mol. The number of ether oxygens (including phenoxy) is 2. The minimum Gasteiger partial charge on any atom is -0.378 e. The highest BCUT2D eigenvalue weighted by atomic mass is 32.2. The van der Waals surface area contributed by atoms with Crippen molar-refractivity contribution in [1.29, 1.82) is 0 Å². The fourth-order valence-electron chi connectivity index (χ4n) is 3.27. The molecule has 0 bridgehead atoms. The molecule has 0 aromatic heterocycles.